The second-order valence-electron chi connectivity index (χ2n) is 4.48. The van der Waals surface area contributed by atoms with Crippen molar-refractivity contribution in [1.82, 2.24) is 4.90 Å². The number of hydrogen-bond donors (Lipinski definition) is 0. The van der Waals surface area contributed by atoms with Crippen molar-refractivity contribution >= 4 is 27.9 Å². The number of cyclic esters (lactones) is 1. The van der Waals surface area contributed by atoms with Crippen LogP contribution in [0.5, 0.6) is 0 Å². The average molecular weight is 292 g/mol. The Hall–Kier alpha value is -0.580. The first-order valence-corrected chi connectivity index (χ1v) is 6.67. The molecule has 1 saturated heterocycles. The fraction of sp³-hybridized carbons (Fsp3) is 0.818. The topological polar surface area (TPSA) is 46.6 Å². The maximum absolute atomic E-state index is 12.1. The summed E-state index contributed by atoms with van der Waals surface area (Å²) in [6.45, 7) is 6.14. The molecule has 2 atom stereocenters. The molecule has 0 bridgehead atoms. The summed E-state index contributed by atoms with van der Waals surface area (Å²) in [5, 5.41) is 0.759. The summed E-state index contributed by atoms with van der Waals surface area (Å²) >= 11 is 3.30. The lowest BCUT2D eigenvalue weighted by Crippen LogP contribution is -2.44. The summed E-state index contributed by atoms with van der Waals surface area (Å²) in [5.74, 6) is -0.0431. The summed E-state index contributed by atoms with van der Waals surface area (Å²) in [7, 11) is 0. The van der Waals surface area contributed by atoms with Crippen molar-refractivity contribution in [1.29, 1.82) is 0 Å². The zero-order valence-electron chi connectivity index (χ0n) is 9.90. The van der Waals surface area contributed by atoms with Gasteiger partial charge in [0, 0.05) is 11.2 Å². The van der Waals surface area contributed by atoms with Crippen LogP contribution in [0.2, 0.25) is 0 Å². The Balaban J connectivity index is 2.75. The van der Waals surface area contributed by atoms with Crippen LogP contribution in [-0.4, -0.2) is 34.9 Å². The fourth-order valence-corrected chi connectivity index (χ4v) is 2.39. The van der Waals surface area contributed by atoms with Crippen LogP contribution < -0.4 is 0 Å². The van der Waals surface area contributed by atoms with Crippen LogP contribution in [0.15, 0.2) is 0 Å². The molecule has 1 aliphatic heterocycles. The van der Waals surface area contributed by atoms with Gasteiger partial charge in [-0.1, -0.05) is 36.7 Å². The maximum atomic E-state index is 12.1. The number of amides is 2. The van der Waals surface area contributed by atoms with Crippen molar-refractivity contribution in [2.24, 2.45) is 11.8 Å². The maximum Gasteiger partial charge on any atom is 0.416 e. The highest BCUT2D eigenvalue weighted by molar-refractivity contribution is 9.09. The largest absolute Gasteiger partial charge is 0.447 e. The number of alkyl halides is 1. The van der Waals surface area contributed by atoms with Gasteiger partial charge in [0.05, 0.1) is 6.04 Å². The summed E-state index contributed by atoms with van der Waals surface area (Å²) in [5.41, 5.74) is 0. The molecular weight excluding hydrogens is 274 g/mol. The van der Waals surface area contributed by atoms with E-state index in [1.807, 2.05) is 20.8 Å². The first kappa shape index (κ1) is 13.5. The quantitative estimate of drug-likeness (QED) is 0.748. The summed E-state index contributed by atoms with van der Waals surface area (Å²) in [6.07, 6.45) is 0.234. The summed E-state index contributed by atoms with van der Waals surface area (Å²) < 4.78 is 4.94. The van der Waals surface area contributed by atoms with E-state index < -0.39 is 6.09 Å². The zero-order valence-corrected chi connectivity index (χ0v) is 11.5. The van der Waals surface area contributed by atoms with Gasteiger partial charge in [0.1, 0.15) is 6.61 Å². The van der Waals surface area contributed by atoms with Gasteiger partial charge in [0.2, 0.25) is 5.91 Å². The van der Waals surface area contributed by atoms with Gasteiger partial charge in [-0.05, 0) is 12.3 Å². The molecule has 1 heterocycles. The van der Waals surface area contributed by atoms with E-state index in [1.165, 1.54) is 4.90 Å². The van der Waals surface area contributed by atoms with Crippen LogP contribution in [0.4, 0.5) is 4.79 Å². The van der Waals surface area contributed by atoms with Crippen LogP contribution in [0.1, 0.15) is 27.2 Å². The van der Waals surface area contributed by atoms with Gasteiger partial charge in [-0.2, -0.15) is 0 Å². The average Bonchev–Trinajstić information content (AvgIpc) is 2.59. The Kier molecular flexibility index (Phi) is 4.77. The normalized spacial score (nSPS) is 22.4. The third-order valence-electron chi connectivity index (χ3n) is 2.88. The highest BCUT2D eigenvalue weighted by Crippen LogP contribution is 2.22. The number of rotatable bonds is 4. The number of carbonyl (C=O) groups is 2. The third-order valence-corrected chi connectivity index (χ3v) is 3.33. The van der Waals surface area contributed by atoms with Crippen LogP contribution in [0, 0.1) is 11.8 Å². The standard InChI is InChI=1S/C11H18BrNO3/c1-7(2)9-6-16-11(15)13(9)10(14)8(3)4-5-12/h7-9H,4-6H2,1-3H3/t8-,9+/m1/s1. The second-order valence-corrected chi connectivity index (χ2v) is 5.27. The molecule has 0 N–H and O–H groups in total. The van der Waals surface area contributed by atoms with E-state index in [2.05, 4.69) is 15.9 Å². The van der Waals surface area contributed by atoms with E-state index >= 15 is 0 Å². The first-order valence-electron chi connectivity index (χ1n) is 5.54. The van der Waals surface area contributed by atoms with E-state index in [0.717, 1.165) is 11.8 Å². The molecule has 4 nitrogen and oxygen atoms in total. The van der Waals surface area contributed by atoms with Crippen LogP contribution in [0.3, 0.4) is 0 Å². The van der Waals surface area contributed by atoms with Gasteiger partial charge in [0.15, 0.2) is 0 Å². The van der Waals surface area contributed by atoms with E-state index in [4.69, 9.17) is 4.74 Å². The van der Waals surface area contributed by atoms with E-state index in [0.29, 0.717) is 6.61 Å². The number of ether oxygens (including phenoxy) is 1. The molecule has 0 saturated carbocycles. The molecular formula is C11H18BrNO3. The molecule has 0 aromatic rings. The lowest BCUT2D eigenvalue weighted by molar-refractivity contribution is -0.133. The SMILES string of the molecule is CC(C)[C@@H]1COC(=O)N1C(=O)[C@H](C)CCBr. The van der Waals surface area contributed by atoms with Crippen molar-refractivity contribution in [2.75, 3.05) is 11.9 Å². The van der Waals surface area contributed by atoms with Crippen molar-refractivity contribution in [3.8, 4) is 0 Å². The predicted molar refractivity (Wildman–Crippen MR) is 64.4 cm³/mol. The molecule has 16 heavy (non-hydrogen) atoms. The van der Waals surface area contributed by atoms with Crippen LogP contribution >= 0.6 is 15.9 Å². The molecule has 0 aromatic heterocycles. The zero-order chi connectivity index (χ0) is 12.3. The van der Waals surface area contributed by atoms with Gasteiger partial charge in [0.25, 0.3) is 0 Å². The molecule has 0 aliphatic carbocycles. The predicted octanol–water partition coefficient (Wildman–Crippen LogP) is 2.41. The van der Waals surface area contributed by atoms with Gasteiger partial charge >= 0.3 is 6.09 Å². The molecule has 0 spiro atoms. The van der Waals surface area contributed by atoms with E-state index in [9.17, 15) is 9.59 Å². The minimum Gasteiger partial charge on any atom is -0.447 e. The first-order chi connectivity index (χ1) is 7.49. The molecule has 0 aromatic carbocycles. The van der Waals surface area contributed by atoms with E-state index in [1.54, 1.807) is 0 Å². The molecule has 5 heteroatoms. The number of imide groups is 1. The fourth-order valence-electron chi connectivity index (χ4n) is 1.70. The molecule has 1 rings (SSSR count). The van der Waals surface area contributed by atoms with Crippen molar-refractivity contribution in [3.63, 3.8) is 0 Å². The van der Waals surface area contributed by atoms with Crippen LogP contribution in [0.25, 0.3) is 0 Å². The Labute approximate surface area is 104 Å². The molecule has 2 amide bonds. The number of nitrogens with zero attached hydrogens (tertiary/aromatic N) is 1. The minimum atomic E-state index is -0.495. The Morgan fingerprint density at radius 3 is 2.69 bits per heavy atom. The van der Waals surface area contributed by atoms with Gasteiger partial charge in [-0.3, -0.25) is 4.79 Å². The number of halogens is 1. The Morgan fingerprint density at radius 1 is 1.56 bits per heavy atom. The Bertz CT molecular complexity index is 280. The van der Waals surface area contributed by atoms with Crippen molar-refractivity contribution in [2.45, 2.75) is 33.2 Å². The molecule has 0 radical (unpaired) electrons. The summed E-state index contributed by atoms with van der Waals surface area (Å²) in [4.78, 5) is 24.9. The van der Waals surface area contributed by atoms with Gasteiger partial charge < -0.3 is 4.74 Å². The molecule has 1 aliphatic rings. The van der Waals surface area contributed by atoms with E-state index in [-0.39, 0.29) is 23.8 Å². The molecule has 0 unspecified atom stereocenters. The highest BCUT2D eigenvalue weighted by Gasteiger charge is 2.40. The monoisotopic (exact) mass is 291 g/mol. The smallest absolute Gasteiger partial charge is 0.416 e. The molecule has 92 valence electrons. The van der Waals surface area contributed by atoms with Gasteiger partial charge in [-0.15, -0.1) is 0 Å². The Morgan fingerprint density at radius 2 is 2.19 bits per heavy atom. The van der Waals surface area contributed by atoms with Crippen LogP contribution in [-0.2, 0) is 9.53 Å². The second kappa shape index (κ2) is 5.66. The van der Waals surface area contributed by atoms with Crippen molar-refractivity contribution < 1.29 is 14.3 Å². The molecule has 1 fully saturated rings. The lowest BCUT2D eigenvalue weighted by Gasteiger charge is -2.24. The third kappa shape index (κ3) is 2.75. The van der Waals surface area contributed by atoms with Gasteiger partial charge in [-0.25, -0.2) is 9.69 Å². The minimum absolute atomic E-state index is 0.113. The number of carbonyl (C=O) groups excluding carboxylic acids is 2. The number of hydrogen-bond acceptors (Lipinski definition) is 3. The lowest BCUT2D eigenvalue weighted by atomic mass is 10.0. The highest BCUT2D eigenvalue weighted by atomic mass is 79.9. The summed E-state index contributed by atoms with van der Waals surface area (Å²) in [6, 6.07) is -0.113. The van der Waals surface area contributed by atoms with Crippen molar-refractivity contribution in [3.05, 3.63) is 0 Å².